The number of amides is 1. The van der Waals surface area contributed by atoms with Gasteiger partial charge in [0.2, 0.25) is 0 Å². The lowest BCUT2D eigenvalue weighted by atomic mass is 10.0. The van der Waals surface area contributed by atoms with Crippen molar-refractivity contribution in [1.29, 1.82) is 0 Å². The highest BCUT2D eigenvalue weighted by atomic mass is 35.5. The van der Waals surface area contributed by atoms with Crippen LogP contribution in [-0.2, 0) is 20.7 Å². The van der Waals surface area contributed by atoms with E-state index < -0.39 is 51.7 Å². The van der Waals surface area contributed by atoms with Gasteiger partial charge in [-0.25, -0.2) is 9.18 Å². The largest absolute Gasteiger partial charge is 0.471 e. The first-order valence-corrected chi connectivity index (χ1v) is 9.21. The molecule has 30 heavy (non-hydrogen) atoms. The Labute approximate surface area is 172 Å². The second kappa shape index (κ2) is 8.10. The number of aromatic nitrogens is 1. The van der Waals surface area contributed by atoms with Gasteiger partial charge in [-0.3, -0.25) is 14.2 Å². The van der Waals surface area contributed by atoms with Crippen LogP contribution in [0.15, 0.2) is 29.1 Å². The first kappa shape index (κ1) is 21.8. The van der Waals surface area contributed by atoms with Gasteiger partial charge in [0, 0.05) is 17.3 Å². The van der Waals surface area contributed by atoms with E-state index in [0.29, 0.717) is 12.1 Å². The number of rotatable bonds is 4. The maximum absolute atomic E-state index is 14.7. The number of carbonyl (C=O) groups is 2. The van der Waals surface area contributed by atoms with Gasteiger partial charge in [-0.05, 0) is 43.5 Å². The minimum atomic E-state index is -5.20. The smallest absolute Gasteiger partial charge is 0.464 e. The average molecular weight is 447 g/mol. The average Bonchev–Trinajstić information content (AvgIpc) is 3.09. The van der Waals surface area contributed by atoms with Gasteiger partial charge in [0.05, 0.1) is 17.3 Å². The summed E-state index contributed by atoms with van der Waals surface area (Å²) in [6, 6.07) is 3.51. The topological polar surface area (TPSA) is 77.4 Å². The molecule has 2 aromatic rings. The quantitative estimate of drug-likeness (QED) is 0.571. The fourth-order valence-corrected chi connectivity index (χ4v) is 3.49. The highest BCUT2D eigenvalue weighted by molar-refractivity contribution is 6.31. The molecule has 2 heterocycles. The molecule has 1 aromatic heterocycles. The fraction of sp³-hybridized carbons (Fsp3) is 0.316. The number of hydrogen-bond acceptors (Lipinski definition) is 4. The second-order valence-electron chi connectivity index (χ2n) is 6.49. The van der Waals surface area contributed by atoms with Crippen molar-refractivity contribution in [3.63, 3.8) is 0 Å². The number of pyridine rings is 1. The van der Waals surface area contributed by atoms with E-state index in [-0.39, 0.29) is 18.6 Å². The summed E-state index contributed by atoms with van der Waals surface area (Å²) in [6.07, 6.45) is -4.62. The van der Waals surface area contributed by atoms with Crippen LogP contribution in [-0.4, -0.2) is 29.2 Å². The minimum Gasteiger partial charge on any atom is -0.464 e. The van der Waals surface area contributed by atoms with Crippen molar-refractivity contribution in [2.24, 2.45) is 0 Å². The van der Waals surface area contributed by atoms with Crippen molar-refractivity contribution in [2.75, 3.05) is 11.9 Å². The van der Waals surface area contributed by atoms with Gasteiger partial charge in [0.15, 0.2) is 5.82 Å². The van der Waals surface area contributed by atoms with Crippen LogP contribution in [0.4, 0.5) is 23.2 Å². The molecule has 160 valence electrons. The Morgan fingerprint density at radius 1 is 1.30 bits per heavy atom. The van der Waals surface area contributed by atoms with Crippen LogP contribution in [0.25, 0.3) is 11.1 Å². The van der Waals surface area contributed by atoms with Crippen molar-refractivity contribution in [2.45, 2.75) is 32.0 Å². The number of esters is 1. The molecule has 6 nitrogen and oxygen atoms in total. The lowest BCUT2D eigenvalue weighted by Crippen LogP contribution is -2.30. The Bertz CT molecular complexity index is 1080. The van der Waals surface area contributed by atoms with E-state index in [1.807, 2.05) is 0 Å². The summed E-state index contributed by atoms with van der Waals surface area (Å²) in [7, 11) is 0. The molecule has 1 atom stereocenters. The summed E-state index contributed by atoms with van der Waals surface area (Å²) in [6.45, 7) is 1.76. The molecule has 11 heteroatoms. The zero-order valence-electron chi connectivity index (χ0n) is 15.5. The summed E-state index contributed by atoms with van der Waals surface area (Å²) in [4.78, 5) is 36.1. The normalized spacial score (nSPS) is 15.6. The number of ether oxygens (including phenoxy) is 1. The van der Waals surface area contributed by atoms with Crippen LogP contribution in [0, 0.1) is 5.82 Å². The number of carbonyl (C=O) groups excluding carboxylic acids is 2. The third kappa shape index (κ3) is 4.04. The maximum Gasteiger partial charge on any atom is 0.471 e. The molecule has 0 radical (unpaired) electrons. The second-order valence-corrected chi connectivity index (χ2v) is 6.89. The van der Waals surface area contributed by atoms with E-state index in [2.05, 4.69) is 0 Å². The van der Waals surface area contributed by atoms with Crippen LogP contribution in [0.5, 0.6) is 0 Å². The number of nitrogens with zero attached hydrogens (tertiary/aromatic N) is 1. The summed E-state index contributed by atoms with van der Waals surface area (Å²) in [5.74, 6) is -3.98. The van der Waals surface area contributed by atoms with E-state index in [9.17, 15) is 31.9 Å². The monoisotopic (exact) mass is 446 g/mol. The molecule has 0 unspecified atom stereocenters. The molecule has 3 rings (SSSR count). The number of aryl methyl sites for hydroxylation is 1. The highest BCUT2D eigenvalue weighted by Gasteiger charge is 2.39. The predicted molar refractivity (Wildman–Crippen MR) is 99.8 cm³/mol. The van der Waals surface area contributed by atoms with Crippen molar-refractivity contribution in [3.05, 3.63) is 51.2 Å². The molecule has 1 aliphatic rings. The Balaban J connectivity index is 2.10. The molecule has 0 bridgehead atoms. The Morgan fingerprint density at radius 3 is 2.63 bits per heavy atom. The molecule has 0 aliphatic carbocycles. The summed E-state index contributed by atoms with van der Waals surface area (Å²) >= 11 is 5.76. The number of alkyl halides is 3. The molecule has 1 aliphatic heterocycles. The molecule has 0 saturated heterocycles. The SMILES string of the molecule is CCOC(=O)[C@@H]1CCc2cc(-c3c(NC(=O)C(F)(F)F)ccc(Cl)c3F)cc(=O)n21. The molecule has 0 fully saturated rings. The van der Waals surface area contributed by atoms with Gasteiger partial charge >= 0.3 is 18.1 Å². The van der Waals surface area contributed by atoms with Crippen molar-refractivity contribution >= 4 is 29.2 Å². The molecular weight excluding hydrogens is 432 g/mol. The Kier molecular flexibility index (Phi) is 5.89. The number of nitrogens with one attached hydrogen (secondary N) is 1. The van der Waals surface area contributed by atoms with Crippen molar-refractivity contribution < 1.29 is 31.9 Å². The third-order valence-corrected chi connectivity index (χ3v) is 4.87. The number of fused-ring (bicyclic) bond motifs is 1. The van der Waals surface area contributed by atoms with Crippen LogP contribution in [0.2, 0.25) is 5.02 Å². The van der Waals surface area contributed by atoms with Crippen LogP contribution in [0.3, 0.4) is 0 Å². The number of anilines is 1. The maximum atomic E-state index is 14.7. The molecule has 1 aromatic carbocycles. The summed E-state index contributed by atoms with van der Waals surface area (Å²) < 4.78 is 58.8. The zero-order valence-corrected chi connectivity index (χ0v) is 16.2. The molecule has 1 N–H and O–H groups in total. The Morgan fingerprint density at radius 2 is 2.00 bits per heavy atom. The van der Waals surface area contributed by atoms with Crippen LogP contribution < -0.4 is 10.9 Å². The minimum absolute atomic E-state index is 0.0757. The van der Waals surface area contributed by atoms with Crippen molar-refractivity contribution in [3.8, 4) is 11.1 Å². The van der Waals surface area contributed by atoms with E-state index in [0.717, 1.165) is 18.2 Å². The first-order valence-electron chi connectivity index (χ1n) is 8.83. The van der Waals surface area contributed by atoms with Gasteiger partial charge in [-0.2, -0.15) is 13.2 Å². The number of hydrogen-bond donors (Lipinski definition) is 1. The van der Waals surface area contributed by atoms with Gasteiger partial charge < -0.3 is 10.1 Å². The highest BCUT2D eigenvalue weighted by Crippen LogP contribution is 2.37. The zero-order chi connectivity index (χ0) is 22.2. The molecule has 0 saturated carbocycles. The van der Waals surface area contributed by atoms with Crippen LogP contribution in [0.1, 0.15) is 25.1 Å². The molecule has 1 amide bonds. The fourth-order valence-electron chi connectivity index (χ4n) is 3.33. The van der Waals surface area contributed by atoms with E-state index in [1.165, 1.54) is 10.6 Å². The van der Waals surface area contributed by atoms with Crippen molar-refractivity contribution in [1.82, 2.24) is 4.57 Å². The van der Waals surface area contributed by atoms with Gasteiger partial charge in [0.25, 0.3) is 5.56 Å². The molecule has 0 spiro atoms. The lowest BCUT2D eigenvalue weighted by molar-refractivity contribution is -0.167. The van der Waals surface area contributed by atoms with Gasteiger partial charge in [-0.1, -0.05) is 11.6 Å². The van der Waals surface area contributed by atoms with E-state index >= 15 is 0 Å². The van der Waals surface area contributed by atoms with Gasteiger partial charge in [-0.15, -0.1) is 0 Å². The van der Waals surface area contributed by atoms with Gasteiger partial charge in [0.1, 0.15) is 6.04 Å². The Hall–Kier alpha value is -2.88. The first-order chi connectivity index (χ1) is 14.0. The van der Waals surface area contributed by atoms with Crippen LogP contribution >= 0.6 is 11.6 Å². The third-order valence-electron chi connectivity index (χ3n) is 4.58. The van der Waals surface area contributed by atoms with E-state index in [1.54, 1.807) is 12.2 Å². The number of benzene rings is 1. The summed E-state index contributed by atoms with van der Waals surface area (Å²) in [5.41, 5.74) is -1.31. The standard InChI is InChI=1S/C19H15ClF4N2O4/c1-2-30-17(28)13-6-3-10-7-9(8-14(27)26(10)13)15-12(5-4-11(20)16(15)21)25-18(29)19(22,23)24/h4-5,7-8,13H,2-3,6H2,1H3,(H,25,29)/t13-/m0/s1. The molecular formula is C19H15ClF4N2O4. The predicted octanol–water partition coefficient (Wildman–Crippen LogP) is 3.86. The van der Waals surface area contributed by atoms with E-state index in [4.69, 9.17) is 16.3 Å². The number of halogens is 5. The summed E-state index contributed by atoms with van der Waals surface area (Å²) in [5, 5.41) is 1.20. The lowest BCUT2D eigenvalue weighted by Gasteiger charge is -2.17.